The van der Waals surface area contributed by atoms with E-state index in [1.54, 1.807) is 0 Å². The minimum absolute atomic E-state index is 0.506. The van der Waals surface area contributed by atoms with Crippen molar-refractivity contribution in [1.82, 2.24) is 0 Å². The highest BCUT2D eigenvalue weighted by atomic mass is 16.5. The van der Waals surface area contributed by atoms with Gasteiger partial charge in [0, 0.05) is 5.39 Å². The Hall–Kier alpha value is -2.79. The normalized spacial score (nSPS) is 10.3. The van der Waals surface area contributed by atoms with E-state index in [1.807, 2.05) is 49.4 Å². The lowest BCUT2D eigenvalue weighted by Crippen LogP contribution is -1.98. The van der Waals surface area contributed by atoms with Crippen molar-refractivity contribution in [2.24, 2.45) is 0 Å². The van der Waals surface area contributed by atoms with Crippen LogP contribution >= 0.6 is 0 Å². The van der Waals surface area contributed by atoms with Crippen LogP contribution < -0.4 is 4.74 Å². The molecule has 2 nitrogen and oxygen atoms in total. The lowest BCUT2D eigenvalue weighted by Gasteiger charge is -2.11. The second-order valence-corrected chi connectivity index (χ2v) is 5.02. The SMILES string of the molecule is Cc1cc(C#N)ccc1COc1cccc2ccccc12. The van der Waals surface area contributed by atoms with E-state index in [2.05, 4.69) is 24.3 Å². The van der Waals surface area contributed by atoms with E-state index in [4.69, 9.17) is 10.00 Å². The van der Waals surface area contributed by atoms with Crippen LogP contribution in [0, 0.1) is 18.3 Å². The number of nitriles is 1. The van der Waals surface area contributed by atoms with Crippen LogP contribution in [0.25, 0.3) is 10.8 Å². The summed E-state index contributed by atoms with van der Waals surface area (Å²) in [5.74, 6) is 0.886. The zero-order chi connectivity index (χ0) is 14.7. The van der Waals surface area contributed by atoms with Crippen molar-refractivity contribution in [2.45, 2.75) is 13.5 Å². The number of rotatable bonds is 3. The van der Waals surface area contributed by atoms with Crippen molar-refractivity contribution in [2.75, 3.05) is 0 Å². The molecule has 0 saturated carbocycles. The Morgan fingerprint density at radius 2 is 1.81 bits per heavy atom. The van der Waals surface area contributed by atoms with Gasteiger partial charge in [-0.3, -0.25) is 0 Å². The molecular formula is C19H15NO. The number of hydrogen-bond donors (Lipinski definition) is 0. The zero-order valence-electron chi connectivity index (χ0n) is 11.8. The number of aryl methyl sites for hydroxylation is 1. The van der Waals surface area contributed by atoms with Gasteiger partial charge in [-0.1, -0.05) is 42.5 Å². The maximum Gasteiger partial charge on any atom is 0.127 e. The fraction of sp³-hybridized carbons (Fsp3) is 0.105. The summed E-state index contributed by atoms with van der Waals surface area (Å²) in [6, 6.07) is 22.1. The van der Waals surface area contributed by atoms with Crippen LogP contribution in [-0.2, 0) is 6.61 Å². The first-order valence-electron chi connectivity index (χ1n) is 6.88. The molecule has 0 amide bonds. The van der Waals surface area contributed by atoms with Crippen LogP contribution in [0.1, 0.15) is 16.7 Å². The third-order valence-electron chi connectivity index (χ3n) is 3.60. The van der Waals surface area contributed by atoms with Crippen LogP contribution in [0.2, 0.25) is 0 Å². The topological polar surface area (TPSA) is 33.0 Å². The molecule has 0 aromatic heterocycles. The van der Waals surface area contributed by atoms with Gasteiger partial charge >= 0.3 is 0 Å². The lowest BCUT2D eigenvalue weighted by molar-refractivity contribution is 0.309. The van der Waals surface area contributed by atoms with Crippen LogP contribution in [0.15, 0.2) is 60.7 Å². The van der Waals surface area contributed by atoms with Crippen LogP contribution in [0.4, 0.5) is 0 Å². The van der Waals surface area contributed by atoms with E-state index < -0.39 is 0 Å². The average Bonchev–Trinajstić information content (AvgIpc) is 2.53. The summed E-state index contributed by atoms with van der Waals surface area (Å²) in [6.07, 6.45) is 0. The van der Waals surface area contributed by atoms with E-state index in [1.165, 1.54) is 5.39 Å². The summed E-state index contributed by atoms with van der Waals surface area (Å²) in [5.41, 5.74) is 2.86. The van der Waals surface area contributed by atoms with Gasteiger partial charge in [0.15, 0.2) is 0 Å². The molecule has 0 radical (unpaired) electrons. The second-order valence-electron chi connectivity index (χ2n) is 5.02. The van der Waals surface area contributed by atoms with Crippen molar-refractivity contribution in [3.8, 4) is 11.8 Å². The first-order chi connectivity index (χ1) is 10.3. The number of nitrogens with zero attached hydrogens (tertiary/aromatic N) is 1. The van der Waals surface area contributed by atoms with Crippen molar-refractivity contribution < 1.29 is 4.74 Å². The zero-order valence-corrected chi connectivity index (χ0v) is 11.8. The molecule has 3 aromatic rings. The molecule has 0 bridgehead atoms. The molecule has 0 N–H and O–H groups in total. The molecule has 3 aromatic carbocycles. The summed E-state index contributed by atoms with van der Waals surface area (Å²) in [7, 11) is 0. The van der Waals surface area contributed by atoms with Gasteiger partial charge in [-0.15, -0.1) is 0 Å². The molecule has 0 spiro atoms. The molecule has 0 unspecified atom stereocenters. The Bertz CT molecular complexity index is 825. The average molecular weight is 273 g/mol. The van der Waals surface area contributed by atoms with E-state index in [9.17, 15) is 0 Å². The minimum Gasteiger partial charge on any atom is -0.488 e. The Kier molecular flexibility index (Phi) is 3.57. The molecule has 21 heavy (non-hydrogen) atoms. The summed E-state index contributed by atoms with van der Waals surface area (Å²) < 4.78 is 5.98. The van der Waals surface area contributed by atoms with Crippen LogP contribution in [0.5, 0.6) is 5.75 Å². The van der Waals surface area contributed by atoms with Crippen molar-refractivity contribution >= 4 is 10.8 Å². The molecule has 0 aliphatic carbocycles. The molecule has 0 heterocycles. The molecule has 0 atom stereocenters. The second kappa shape index (κ2) is 5.68. The standard InChI is InChI=1S/C19H15NO/c1-14-11-15(12-20)9-10-17(14)13-21-19-8-4-6-16-5-2-3-7-18(16)19/h2-11H,13H2,1H3. The van der Waals surface area contributed by atoms with Gasteiger partial charge in [0.05, 0.1) is 11.6 Å². The molecular weight excluding hydrogens is 258 g/mol. The molecule has 102 valence electrons. The summed E-state index contributed by atoms with van der Waals surface area (Å²) in [6.45, 7) is 2.51. The lowest BCUT2D eigenvalue weighted by atomic mass is 10.1. The molecule has 0 fully saturated rings. The Balaban J connectivity index is 1.86. The fourth-order valence-corrected chi connectivity index (χ4v) is 2.40. The van der Waals surface area contributed by atoms with Crippen LogP contribution in [-0.4, -0.2) is 0 Å². The van der Waals surface area contributed by atoms with Crippen molar-refractivity contribution in [3.63, 3.8) is 0 Å². The quantitative estimate of drug-likeness (QED) is 0.698. The van der Waals surface area contributed by atoms with Gasteiger partial charge in [-0.05, 0) is 41.6 Å². The van der Waals surface area contributed by atoms with E-state index in [-0.39, 0.29) is 0 Å². The largest absolute Gasteiger partial charge is 0.488 e. The molecule has 0 aliphatic rings. The number of ether oxygens (including phenoxy) is 1. The minimum atomic E-state index is 0.506. The van der Waals surface area contributed by atoms with Gasteiger partial charge in [-0.2, -0.15) is 5.26 Å². The highest BCUT2D eigenvalue weighted by Crippen LogP contribution is 2.26. The monoisotopic (exact) mass is 273 g/mol. The highest BCUT2D eigenvalue weighted by molar-refractivity contribution is 5.88. The van der Waals surface area contributed by atoms with Gasteiger partial charge in [0.1, 0.15) is 12.4 Å². The van der Waals surface area contributed by atoms with Crippen molar-refractivity contribution in [1.29, 1.82) is 5.26 Å². The van der Waals surface area contributed by atoms with Gasteiger partial charge < -0.3 is 4.74 Å². The predicted octanol–water partition coefficient (Wildman–Crippen LogP) is 4.60. The van der Waals surface area contributed by atoms with Crippen LogP contribution in [0.3, 0.4) is 0 Å². The maximum absolute atomic E-state index is 8.90. The first-order valence-corrected chi connectivity index (χ1v) is 6.88. The van der Waals surface area contributed by atoms with Gasteiger partial charge in [0.2, 0.25) is 0 Å². The van der Waals surface area contributed by atoms with E-state index in [0.717, 1.165) is 22.3 Å². The molecule has 0 saturated heterocycles. The number of benzene rings is 3. The molecule has 3 rings (SSSR count). The third kappa shape index (κ3) is 2.73. The Morgan fingerprint density at radius 1 is 1.00 bits per heavy atom. The number of fused-ring (bicyclic) bond motifs is 1. The smallest absolute Gasteiger partial charge is 0.127 e. The molecule has 2 heteroatoms. The first kappa shape index (κ1) is 13.2. The summed E-state index contributed by atoms with van der Waals surface area (Å²) in [5, 5.41) is 11.2. The third-order valence-corrected chi connectivity index (χ3v) is 3.60. The van der Waals surface area contributed by atoms with Gasteiger partial charge in [-0.25, -0.2) is 0 Å². The Labute approximate surface area is 124 Å². The van der Waals surface area contributed by atoms with E-state index >= 15 is 0 Å². The van der Waals surface area contributed by atoms with E-state index in [0.29, 0.717) is 12.2 Å². The Morgan fingerprint density at radius 3 is 2.62 bits per heavy atom. The van der Waals surface area contributed by atoms with Gasteiger partial charge in [0.25, 0.3) is 0 Å². The highest BCUT2D eigenvalue weighted by Gasteiger charge is 2.04. The van der Waals surface area contributed by atoms with Crippen molar-refractivity contribution in [3.05, 3.63) is 77.4 Å². The summed E-state index contributed by atoms with van der Waals surface area (Å²) in [4.78, 5) is 0. The number of hydrogen-bond acceptors (Lipinski definition) is 2. The summed E-state index contributed by atoms with van der Waals surface area (Å²) >= 11 is 0. The molecule has 0 aliphatic heterocycles. The predicted molar refractivity (Wildman–Crippen MR) is 84.2 cm³/mol. The maximum atomic E-state index is 8.90. The fourth-order valence-electron chi connectivity index (χ4n) is 2.40.